The second-order valence-corrected chi connectivity index (χ2v) is 7.83. The number of rotatable bonds is 8. The van der Waals surface area contributed by atoms with Crippen LogP contribution in [0.5, 0.6) is 11.5 Å². The van der Waals surface area contributed by atoms with Crippen molar-refractivity contribution in [2.45, 2.75) is 6.42 Å². The van der Waals surface area contributed by atoms with E-state index in [4.69, 9.17) is 9.47 Å². The van der Waals surface area contributed by atoms with E-state index >= 15 is 0 Å². The minimum absolute atomic E-state index is 0.128. The smallest absolute Gasteiger partial charge is 0.230 e. The van der Waals surface area contributed by atoms with Gasteiger partial charge in [0.15, 0.2) is 11.5 Å². The highest BCUT2D eigenvalue weighted by molar-refractivity contribution is 7.13. The van der Waals surface area contributed by atoms with Gasteiger partial charge in [0.25, 0.3) is 0 Å². The molecule has 0 aliphatic carbocycles. The number of ether oxygens (including phenoxy) is 2. The first kappa shape index (κ1) is 21.4. The van der Waals surface area contributed by atoms with E-state index < -0.39 is 0 Å². The maximum atomic E-state index is 12.7. The lowest BCUT2D eigenvalue weighted by atomic mass is 10.2. The Bertz CT molecular complexity index is 1210. The van der Waals surface area contributed by atoms with Crippen LogP contribution < -0.4 is 20.1 Å². The minimum atomic E-state index is -0.128. The molecule has 7 heteroatoms. The molecular formula is C25H23N3O3S. The Hall–Kier alpha value is -3.84. The Labute approximate surface area is 190 Å². The number of thiazole rings is 1. The van der Waals surface area contributed by atoms with Crippen molar-refractivity contribution >= 4 is 34.3 Å². The lowest BCUT2D eigenvalue weighted by Crippen LogP contribution is -2.15. The second kappa shape index (κ2) is 9.98. The summed E-state index contributed by atoms with van der Waals surface area (Å²) in [6, 6.07) is 23.1. The van der Waals surface area contributed by atoms with Crippen LogP contribution in [0.3, 0.4) is 0 Å². The van der Waals surface area contributed by atoms with E-state index in [0.717, 1.165) is 27.6 Å². The van der Waals surface area contributed by atoms with Crippen LogP contribution in [0.15, 0.2) is 78.2 Å². The molecule has 2 N–H and O–H groups in total. The largest absolute Gasteiger partial charge is 0.493 e. The first-order chi connectivity index (χ1) is 15.7. The molecule has 0 radical (unpaired) electrons. The van der Waals surface area contributed by atoms with Gasteiger partial charge in [0, 0.05) is 16.6 Å². The Morgan fingerprint density at radius 3 is 2.38 bits per heavy atom. The van der Waals surface area contributed by atoms with Crippen molar-refractivity contribution in [3.05, 3.63) is 83.9 Å². The standard InChI is InChI=1S/C25H23N3O3S/c1-30-22-13-12-17(14-23(22)31-2)25-27-19(16-32-25)15-24(29)28-21-11-7-6-10-20(21)26-18-8-4-3-5-9-18/h3-14,16,26H,15H2,1-2H3,(H,28,29). The molecule has 4 rings (SSSR count). The number of anilines is 3. The van der Waals surface area contributed by atoms with E-state index in [2.05, 4.69) is 15.6 Å². The molecule has 3 aromatic carbocycles. The fraction of sp³-hybridized carbons (Fsp3) is 0.120. The van der Waals surface area contributed by atoms with Gasteiger partial charge in [-0.3, -0.25) is 4.79 Å². The number of benzene rings is 3. The first-order valence-electron chi connectivity index (χ1n) is 10.0. The number of amides is 1. The number of nitrogens with one attached hydrogen (secondary N) is 2. The normalized spacial score (nSPS) is 10.4. The van der Waals surface area contributed by atoms with Gasteiger partial charge in [0.2, 0.25) is 5.91 Å². The van der Waals surface area contributed by atoms with Gasteiger partial charge in [-0.2, -0.15) is 0 Å². The maximum Gasteiger partial charge on any atom is 0.230 e. The molecule has 0 atom stereocenters. The number of methoxy groups -OCH3 is 2. The van der Waals surface area contributed by atoms with Crippen molar-refractivity contribution in [3.8, 4) is 22.1 Å². The van der Waals surface area contributed by atoms with Crippen molar-refractivity contribution in [2.24, 2.45) is 0 Å². The summed E-state index contributed by atoms with van der Waals surface area (Å²) in [6.07, 6.45) is 0.184. The molecule has 0 aliphatic heterocycles. The molecule has 0 unspecified atom stereocenters. The minimum Gasteiger partial charge on any atom is -0.493 e. The molecule has 0 fully saturated rings. The number of nitrogens with zero attached hydrogens (tertiary/aromatic N) is 1. The van der Waals surface area contributed by atoms with Crippen molar-refractivity contribution in [1.82, 2.24) is 4.98 Å². The van der Waals surface area contributed by atoms with Crippen LogP contribution in [0.1, 0.15) is 5.69 Å². The number of para-hydroxylation sites is 3. The zero-order chi connectivity index (χ0) is 22.3. The summed E-state index contributed by atoms with van der Waals surface area (Å²) in [5.41, 5.74) is 4.13. The predicted molar refractivity (Wildman–Crippen MR) is 129 cm³/mol. The van der Waals surface area contributed by atoms with E-state index in [-0.39, 0.29) is 12.3 Å². The van der Waals surface area contributed by atoms with E-state index in [1.165, 1.54) is 11.3 Å². The summed E-state index contributed by atoms with van der Waals surface area (Å²) in [6.45, 7) is 0. The van der Waals surface area contributed by atoms with Gasteiger partial charge in [-0.25, -0.2) is 4.98 Å². The monoisotopic (exact) mass is 445 g/mol. The Morgan fingerprint density at radius 2 is 1.62 bits per heavy atom. The van der Waals surface area contributed by atoms with E-state index in [1.54, 1.807) is 14.2 Å². The lowest BCUT2D eigenvalue weighted by molar-refractivity contribution is -0.115. The highest BCUT2D eigenvalue weighted by Crippen LogP contribution is 2.33. The molecular weight excluding hydrogens is 422 g/mol. The quantitative estimate of drug-likeness (QED) is 0.361. The average Bonchev–Trinajstić information content (AvgIpc) is 3.29. The SMILES string of the molecule is COc1ccc(-c2nc(CC(=O)Nc3ccccc3Nc3ccccc3)cs2)cc1OC. The number of aromatic nitrogens is 1. The summed E-state index contributed by atoms with van der Waals surface area (Å²) < 4.78 is 10.7. The molecule has 0 bridgehead atoms. The maximum absolute atomic E-state index is 12.7. The predicted octanol–water partition coefficient (Wildman–Crippen LogP) is 5.75. The summed E-state index contributed by atoms with van der Waals surface area (Å²) in [5.74, 6) is 1.17. The van der Waals surface area contributed by atoms with Gasteiger partial charge >= 0.3 is 0 Å². The zero-order valence-electron chi connectivity index (χ0n) is 17.8. The third-order valence-electron chi connectivity index (χ3n) is 4.78. The fourth-order valence-electron chi connectivity index (χ4n) is 3.23. The third kappa shape index (κ3) is 5.07. The first-order valence-corrected chi connectivity index (χ1v) is 10.9. The molecule has 1 heterocycles. The van der Waals surface area contributed by atoms with Gasteiger partial charge in [0.05, 0.1) is 37.7 Å². The highest BCUT2D eigenvalue weighted by atomic mass is 32.1. The molecule has 0 saturated heterocycles. The highest BCUT2D eigenvalue weighted by Gasteiger charge is 2.13. The topological polar surface area (TPSA) is 72.5 Å². The fourth-order valence-corrected chi connectivity index (χ4v) is 4.04. The van der Waals surface area contributed by atoms with Gasteiger partial charge in [0.1, 0.15) is 5.01 Å². The third-order valence-corrected chi connectivity index (χ3v) is 5.72. The van der Waals surface area contributed by atoms with Crippen LogP contribution in [-0.2, 0) is 11.2 Å². The number of carbonyl (C=O) groups excluding carboxylic acids is 1. The van der Waals surface area contributed by atoms with Crippen LogP contribution in [-0.4, -0.2) is 25.1 Å². The second-order valence-electron chi connectivity index (χ2n) is 6.98. The van der Waals surface area contributed by atoms with Gasteiger partial charge in [-0.1, -0.05) is 30.3 Å². The van der Waals surface area contributed by atoms with Crippen molar-refractivity contribution in [1.29, 1.82) is 0 Å². The van der Waals surface area contributed by atoms with E-state index in [1.807, 2.05) is 78.2 Å². The Morgan fingerprint density at radius 1 is 0.906 bits per heavy atom. The summed E-state index contributed by atoms with van der Waals surface area (Å²) in [4.78, 5) is 17.3. The van der Waals surface area contributed by atoms with E-state index in [9.17, 15) is 4.79 Å². The van der Waals surface area contributed by atoms with E-state index in [0.29, 0.717) is 17.2 Å². The number of carbonyl (C=O) groups is 1. The van der Waals surface area contributed by atoms with Crippen LogP contribution in [0.2, 0.25) is 0 Å². The van der Waals surface area contributed by atoms with Crippen molar-refractivity contribution in [2.75, 3.05) is 24.9 Å². The van der Waals surface area contributed by atoms with Gasteiger partial charge < -0.3 is 20.1 Å². The molecule has 32 heavy (non-hydrogen) atoms. The Balaban J connectivity index is 1.44. The Kier molecular flexibility index (Phi) is 6.67. The molecule has 0 saturated carbocycles. The van der Waals surface area contributed by atoms with Gasteiger partial charge in [-0.15, -0.1) is 11.3 Å². The molecule has 4 aromatic rings. The van der Waals surface area contributed by atoms with Gasteiger partial charge in [-0.05, 0) is 42.5 Å². The molecule has 162 valence electrons. The van der Waals surface area contributed by atoms with Crippen LogP contribution >= 0.6 is 11.3 Å². The molecule has 1 aromatic heterocycles. The van der Waals surface area contributed by atoms with Crippen LogP contribution in [0, 0.1) is 0 Å². The van der Waals surface area contributed by atoms with Crippen LogP contribution in [0.25, 0.3) is 10.6 Å². The molecule has 0 aliphatic rings. The van der Waals surface area contributed by atoms with Crippen LogP contribution in [0.4, 0.5) is 17.1 Å². The summed E-state index contributed by atoms with van der Waals surface area (Å²) in [7, 11) is 3.20. The molecule has 6 nitrogen and oxygen atoms in total. The summed E-state index contributed by atoms with van der Waals surface area (Å²) in [5, 5.41) is 9.05. The molecule has 1 amide bonds. The lowest BCUT2D eigenvalue weighted by Gasteiger charge is -2.13. The number of hydrogen-bond acceptors (Lipinski definition) is 6. The van der Waals surface area contributed by atoms with Crippen molar-refractivity contribution in [3.63, 3.8) is 0 Å². The summed E-state index contributed by atoms with van der Waals surface area (Å²) >= 11 is 1.49. The molecule has 0 spiro atoms. The number of hydrogen-bond donors (Lipinski definition) is 2. The average molecular weight is 446 g/mol. The zero-order valence-corrected chi connectivity index (χ0v) is 18.6. The van der Waals surface area contributed by atoms with Crippen molar-refractivity contribution < 1.29 is 14.3 Å².